The molecule has 3 aliphatic rings. The summed E-state index contributed by atoms with van der Waals surface area (Å²) in [5, 5.41) is 18.7. The normalized spacial score (nSPS) is 50.5. The van der Waals surface area contributed by atoms with Gasteiger partial charge in [0.15, 0.2) is 0 Å². The van der Waals surface area contributed by atoms with Crippen LogP contribution in [0.1, 0.15) is 45.4 Å². The first-order chi connectivity index (χ1) is 7.75. The van der Waals surface area contributed by atoms with E-state index in [4.69, 9.17) is 0 Å². The van der Waals surface area contributed by atoms with Crippen LogP contribution in [0.25, 0.3) is 0 Å². The third-order valence-electron chi connectivity index (χ3n) is 5.10. The van der Waals surface area contributed by atoms with E-state index in [1.54, 1.807) is 0 Å². The van der Waals surface area contributed by atoms with Gasteiger partial charge in [0.1, 0.15) is 0 Å². The summed E-state index contributed by atoms with van der Waals surface area (Å²) >= 11 is 0. The van der Waals surface area contributed by atoms with Gasteiger partial charge in [-0.3, -0.25) is 0 Å². The first-order valence-corrected chi connectivity index (χ1v) is 6.57. The van der Waals surface area contributed by atoms with Crippen molar-refractivity contribution in [3.8, 4) is 6.07 Å². The summed E-state index contributed by atoms with van der Waals surface area (Å²) in [6.45, 7) is 2.18. The molecule has 3 nitrogen and oxygen atoms in total. The lowest BCUT2D eigenvalue weighted by Gasteiger charge is -2.35. The maximum Gasteiger partial charge on any atom is 0.0751 e. The maximum atomic E-state index is 9.64. The molecule has 2 fully saturated rings. The van der Waals surface area contributed by atoms with Gasteiger partial charge in [-0.15, -0.1) is 0 Å². The molecule has 2 aliphatic carbocycles. The average Bonchev–Trinajstić information content (AvgIpc) is 2.92. The van der Waals surface area contributed by atoms with Crippen LogP contribution in [-0.2, 0) is 0 Å². The Bertz CT molecular complexity index is 331. The highest BCUT2D eigenvalue weighted by Gasteiger charge is 2.52. The summed E-state index contributed by atoms with van der Waals surface area (Å²) in [7, 11) is 0. The second-order valence-corrected chi connectivity index (χ2v) is 5.83. The molecule has 3 heteroatoms. The Labute approximate surface area is 96.9 Å². The summed E-state index contributed by atoms with van der Waals surface area (Å²) in [6.07, 6.45) is 7.09. The van der Waals surface area contributed by atoms with E-state index in [-0.39, 0.29) is 5.41 Å². The molecule has 0 aromatic heterocycles. The first-order valence-electron chi connectivity index (χ1n) is 6.57. The highest BCUT2D eigenvalue weighted by molar-refractivity contribution is 5.13. The largest absolute Gasteiger partial charge is 0.198 e. The van der Waals surface area contributed by atoms with Gasteiger partial charge in [0, 0.05) is 11.8 Å². The molecule has 1 aliphatic heterocycles. The molecule has 3 rings (SSSR count). The second kappa shape index (κ2) is 3.55. The molecule has 16 heavy (non-hydrogen) atoms. The summed E-state index contributed by atoms with van der Waals surface area (Å²) in [4.78, 5) is 0. The van der Waals surface area contributed by atoms with E-state index in [1.807, 2.05) is 0 Å². The standard InChI is InChI=1S/C13H19N3/c1-13(8-14)9-4-2-6-11(9)15-16-12-7-3-5-10(12)13/h9-12H,2-7H2,1H3. The maximum absolute atomic E-state index is 9.64. The van der Waals surface area contributed by atoms with Crippen molar-refractivity contribution >= 4 is 0 Å². The van der Waals surface area contributed by atoms with Crippen LogP contribution < -0.4 is 0 Å². The van der Waals surface area contributed by atoms with Gasteiger partial charge in [-0.1, -0.05) is 12.8 Å². The summed E-state index contributed by atoms with van der Waals surface area (Å²) in [5.41, 5.74) is -0.175. The van der Waals surface area contributed by atoms with Crippen molar-refractivity contribution in [1.82, 2.24) is 0 Å². The molecule has 0 saturated heterocycles. The zero-order valence-electron chi connectivity index (χ0n) is 9.89. The SMILES string of the molecule is CC1(C#N)C2CCCC2N=NC2CCCC21. The highest BCUT2D eigenvalue weighted by atomic mass is 15.2. The van der Waals surface area contributed by atoms with Gasteiger partial charge in [-0.25, -0.2) is 0 Å². The number of hydrogen-bond donors (Lipinski definition) is 0. The van der Waals surface area contributed by atoms with Crippen molar-refractivity contribution in [3.05, 3.63) is 0 Å². The van der Waals surface area contributed by atoms with Crippen LogP contribution in [-0.4, -0.2) is 12.1 Å². The molecule has 0 amide bonds. The van der Waals surface area contributed by atoms with Crippen LogP contribution in [0.4, 0.5) is 0 Å². The Morgan fingerprint density at radius 1 is 1.00 bits per heavy atom. The van der Waals surface area contributed by atoms with Crippen molar-refractivity contribution in [2.45, 2.75) is 57.5 Å². The quantitative estimate of drug-likeness (QED) is 0.614. The van der Waals surface area contributed by atoms with Crippen molar-refractivity contribution in [2.75, 3.05) is 0 Å². The molecule has 1 heterocycles. The topological polar surface area (TPSA) is 48.5 Å². The molecule has 0 spiro atoms. The second-order valence-electron chi connectivity index (χ2n) is 5.83. The van der Waals surface area contributed by atoms with Gasteiger partial charge >= 0.3 is 0 Å². The van der Waals surface area contributed by atoms with Crippen molar-refractivity contribution < 1.29 is 0 Å². The molecule has 2 saturated carbocycles. The predicted molar refractivity (Wildman–Crippen MR) is 60.8 cm³/mol. The first kappa shape index (κ1) is 10.3. The Morgan fingerprint density at radius 3 is 1.94 bits per heavy atom. The molecule has 86 valence electrons. The zero-order chi connectivity index (χ0) is 11.2. The van der Waals surface area contributed by atoms with Crippen LogP contribution in [0.5, 0.6) is 0 Å². The average molecular weight is 217 g/mol. The minimum atomic E-state index is -0.175. The van der Waals surface area contributed by atoms with E-state index in [0.717, 1.165) is 12.8 Å². The highest BCUT2D eigenvalue weighted by Crippen LogP contribution is 2.53. The van der Waals surface area contributed by atoms with Crippen LogP contribution in [0.15, 0.2) is 10.2 Å². The summed E-state index contributed by atoms with van der Waals surface area (Å²) < 4.78 is 0. The van der Waals surface area contributed by atoms with Gasteiger partial charge in [0.25, 0.3) is 0 Å². The van der Waals surface area contributed by atoms with Crippen molar-refractivity contribution in [3.63, 3.8) is 0 Å². The molecule has 0 aromatic carbocycles. The third kappa shape index (κ3) is 1.25. The molecule has 0 radical (unpaired) electrons. The molecule has 0 N–H and O–H groups in total. The minimum absolute atomic E-state index is 0.175. The fourth-order valence-electron chi connectivity index (χ4n) is 4.17. The molecule has 4 atom stereocenters. The van der Waals surface area contributed by atoms with E-state index < -0.39 is 0 Å². The van der Waals surface area contributed by atoms with Crippen LogP contribution in [0.3, 0.4) is 0 Å². The van der Waals surface area contributed by atoms with Crippen molar-refractivity contribution in [2.24, 2.45) is 27.5 Å². The molecular formula is C13H19N3. The van der Waals surface area contributed by atoms with E-state index in [2.05, 4.69) is 23.2 Å². The third-order valence-corrected chi connectivity index (χ3v) is 5.10. The fraction of sp³-hybridized carbons (Fsp3) is 0.923. The van der Waals surface area contributed by atoms with Gasteiger partial charge in [0.05, 0.1) is 23.6 Å². The number of azo groups is 1. The number of fused-ring (bicyclic) bond motifs is 2. The van der Waals surface area contributed by atoms with E-state index in [0.29, 0.717) is 23.9 Å². The lowest BCUT2D eigenvalue weighted by Crippen LogP contribution is -2.38. The van der Waals surface area contributed by atoms with Gasteiger partial charge in [-0.2, -0.15) is 15.5 Å². The zero-order valence-corrected chi connectivity index (χ0v) is 9.89. The van der Waals surface area contributed by atoms with Gasteiger partial charge < -0.3 is 0 Å². The molecule has 0 aromatic rings. The number of hydrogen-bond acceptors (Lipinski definition) is 3. The Hall–Kier alpha value is -0.910. The molecular weight excluding hydrogens is 198 g/mol. The minimum Gasteiger partial charge on any atom is -0.198 e. The number of rotatable bonds is 0. The van der Waals surface area contributed by atoms with Crippen LogP contribution >= 0.6 is 0 Å². The van der Waals surface area contributed by atoms with E-state index >= 15 is 0 Å². The Balaban J connectivity index is 2.02. The smallest absolute Gasteiger partial charge is 0.0751 e. The monoisotopic (exact) mass is 217 g/mol. The number of nitrogens with zero attached hydrogens (tertiary/aromatic N) is 3. The van der Waals surface area contributed by atoms with E-state index in [1.165, 1.54) is 25.7 Å². The number of nitriles is 1. The van der Waals surface area contributed by atoms with Crippen LogP contribution in [0.2, 0.25) is 0 Å². The summed E-state index contributed by atoms with van der Waals surface area (Å²) in [6, 6.07) is 3.33. The molecule has 0 bridgehead atoms. The lowest BCUT2D eigenvalue weighted by atomic mass is 9.65. The summed E-state index contributed by atoms with van der Waals surface area (Å²) in [5.74, 6) is 0.934. The Morgan fingerprint density at radius 2 is 1.50 bits per heavy atom. The van der Waals surface area contributed by atoms with Crippen molar-refractivity contribution in [1.29, 1.82) is 5.26 Å². The van der Waals surface area contributed by atoms with Crippen LogP contribution in [0, 0.1) is 28.6 Å². The van der Waals surface area contributed by atoms with Gasteiger partial charge in [0.2, 0.25) is 0 Å². The van der Waals surface area contributed by atoms with Gasteiger partial charge in [-0.05, 0) is 32.6 Å². The lowest BCUT2D eigenvalue weighted by molar-refractivity contribution is 0.156. The van der Waals surface area contributed by atoms with E-state index in [9.17, 15) is 5.26 Å². The Kier molecular flexibility index (Phi) is 2.27. The fourth-order valence-corrected chi connectivity index (χ4v) is 4.17. The predicted octanol–water partition coefficient (Wildman–Crippen LogP) is 3.32. The molecule has 4 unspecified atom stereocenters.